The Morgan fingerprint density at radius 1 is 1.54 bits per heavy atom. The molecule has 0 aliphatic heterocycles. The minimum atomic E-state index is -1.22. The Labute approximate surface area is 82.9 Å². The standard InChI is InChI=1S/C7H4NO3.Cm.W/c9-4-5-2-1-3-8-6(5)7(10)11;;/h1-3H,(H,10,11);;/q-1;;. The van der Waals surface area contributed by atoms with Gasteiger partial charge in [0.15, 0.2) is 0 Å². The van der Waals surface area contributed by atoms with Gasteiger partial charge in [-0.1, -0.05) is 0 Å². The molecule has 1 N–H and O–H groups in total. The van der Waals surface area contributed by atoms with Gasteiger partial charge in [-0.2, -0.15) is 6.07 Å². The van der Waals surface area contributed by atoms with Crippen LogP contribution in [0.5, 0.6) is 0 Å². The summed E-state index contributed by atoms with van der Waals surface area (Å²) in [6.45, 7) is 0. The van der Waals surface area contributed by atoms with E-state index >= 15 is 0 Å². The van der Waals surface area contributed by atoms with Gasteiger partial charge < -0.3 is 14.9 Å². The van der Waals surface area contributed by atoms with Crippen LogP contribution in [0.2, 0.25) is 0 Å². The van der Waals surface area contributed by atoms with E-state index in [0.717, 1.165) is 0 Å². The van der Waals surface area contributed by atoms with Crippen molar-refractivity contribution in [2.45, 2.75) is 0 Å². The van der Waals surface area contributed by atoms with Crippen LogP contribution in [0.25, 0.3) is 0 Å². The second-order valence-corrected chi connectivity index (χ2v) is 1.81. The Kier molecular flexibility index (Phi) is 5.85. The fourth-order valence-electron chi connectivity index (χ4n) is 0.658. The summed E-state index contributed by atoms with van der Waals surface area (Å²) in [6, 6.07) is 2.83. The molecular weight excluding hydrogens is 577 g/mol. The maximum Gasteiger partial charge on any atom is 0.297 e. The molecule has 13 heavy (non-hydrogen) atoms. The van der Waals surface area contributed by atoms with Crippen LogP contribution >= 0.6 is 0 Å². The second kappa shape index (κ2) is 5.61. The van der Waals surface area contributed by atoms with Crippen LogP contribution in [-0.4, -0.2) is 22.3 Å². The maximum atomic E-state index is 10.3. The molecule has 0 fully saturated rings. The van der Waals surface area contributed by atoms with E-state index in [-0.39, 0.29) is 32.3 Å². The van der Waals surface area contributed by atoms with Gasteiger partial charge in [0, 0.05) is 33.0 Å². The van der Waals surface area contributed by atoms with Gasteiger partial charge in [0.1, 0.15) is 0 Å². The molecule has 0 spiro atoms. The minimum absolute atomic E-state index is 0. The van der Waals surface area contributed by atoms with E-state index in [4.69, 9.17) is 5.11 Å². The van der Waals surface area contributed by atoms with Gasteiger partial charge in [-0.3, -0.25) is 4.79 Å². The molecule has 1 heterocycles. The summed E-state index contributed by atoms with van der Waals surface area (Å²) in [7, 11) is 0. The number of hydrogen-bond acceptors (Lipinski definition) is 3. The zero-order chi connectivity index (χ0) is 8.27. The van der Waals surface area contributed by atoms with Gasteiger partial charge in [-0.25, -0.2) is 0 Å². The average Bonchev–Trinajstić information content (AvgIpc) is 2.04. The molecule has 1 aromatic rings. The van der Waals surface area contributed by atoms with E-state index in [1.807, 2.05) is 0 Å². The Morgan fingerprint density at radius 2 is 2.15 bits per heavy atom. The SMILES string of the molecule is O=[C-]c1cccnc1C(=O)O.[Cm].[W]. The first-order chi connectivity index (χ1) is 5.25. The molecule has 1 aromatic heterocycles. The molecular formula is C7H4CmNO3W-. The normalized spacial score (nSPS) is 7.69. The van der Waals surface area contributed by atoms with Crippen LogP contribution < -0.4 is 0 Å². The van der Waals surface area contributed by atoms with Crippen LogP contribution in [0.4, 0.5) is 0 Å². The molecule has 6 heteroatoms. The zero-order valence-corrected chi connectivity index (χ0v) is 12.1. The number of carboxylic acid groups (broad SMARTS) is 1. The Morgan fingerprint density at radius 3 is 2.54 bits per heavy atom. The quantitative estimate of drug-likeness (QED) is 0.509. The summed E-state index contributed by atoms with van der Waals surface area (Å²) < 4.78 is 0. The van der Waals surface area contributed by atoms with Gasteiger partial charge in [0.05, 0.1) is 6.29 Å². The third-order valence-corrected chi connectivity index (χ3v) is 1.12. The first-order valence-corrected chi connectivity index (χ1v) is 2.82. The minimum Gasteiger partial charge on any atom is -0.486 e. The number of aromatic carboxylic acids is 1. The molecule has 0 aromatic carbocycles. The van der Waals surface area contributed by atoms with Gasteiger partial charge in [-0.15, -0.1) is 11.6 Å². The van der Waals surface area contributed by atoms with Crippen molar-refractivity contribution < 1.29 is 35.8 Å². The summed E-state index contributed by atoms with van der Waals surface area (Å²) in [5.41, 5.74) is -0.289. The van der Waals surface area contributed by atoms with Crippen molar-refractivity contribution in [3.05, 3.63) is 29.6 Å². The van der Waals surface area contributed by atoms with Crippen molar-refractivity contribution in [2.24, 2.45) is 0 Å². The van der Waals surface area contributed by atoms with Crippen LogP contribution in [0.1, 0.15) is 16.1 Å². The molecule has 0 saturated carbocycles. The van der Waals surface area contributed by atoms with Crippen molar-refractivity contribution in [3.8, 4) is 0 Å². The first kappa shape index (κ1) is 13.6. The zero-order valence-electron chi connectivity index (χ0n) is 6.20. The number of rotatable bonds is 2. The third-order valence-electron chi connectivity index (χ3n) is 1.12. The Bertz CT molecular complexity index is 306. The van der Waals surface area contributed by atoms with Gasteiger partial charge in [0.2, 0.25) is 0 Å². The molecule has 0 aliphatic carbocycles. The number of carbonyl (C=O) groups is 1. The molecule has 0 atom stereocenters. The topological polar surface area (TPSA) is 67.3 Å². The van der Waals surface area contributed by atoms with E-state index in [1.165, 1.54) is 24.6 Å². The molecule has 0 aliphatic rings. The van der Waals surface area contributed by atoms with Gasteiger partial charge in [0.25, 0.3) is 5.97 Å². The van der Waals surface area contributed by atoms with E-state index < -0.39 is 5.97 Å². The monoisotopic (exact) mass is 577 g/mol. The number of aromatic nitrogens is 1. The summed E-state index contributed by atoms with van der Waals surface area (Å²) >= 11 is 0. The van der Waals surface area contributed by atoms with E-state index in [0.29, 0.717) is 0 Å². The molecule has 0 bridgehead atoms. The molecule has 1 rings (SSSR count). The van der Waals surface area contributed by atoms with E-state index in [9.17, 15) is 9.59 Å². The number of carbonyl (C=O) groups excluding carboxylic acids is 1. The number of nitrogens with zero attached hydrogens (tertiary/aromatic N) is 1. The first-order valence-electron chi connectivity index (χ1n) is 2.82. The average molecular weight is 581 g/mol. The smallest absolute Gasteiger partial charge is 0.297 e. The number of carboxylic acids is 1. The van der Waals surface area contributed by atoms with Crippen molar-refractivity contribution in [1.29, 1.82) is 0 Å². The summed E-state index contributed by atoms with van der Waals surface area (Å²) in [5, 5.41) is 8.46. The van der Waals surface area contributed by atoms with Crippen molar-refractivity contribution >= 4 is 12.3 Å². The predicted molar refractivity (Wildman–Crippen MR) is 36.0 cm³/mol. The molecule has 0 saturated heterocycles. The van der Waals surface area contributed by atoms with E-state index in [1.54, 1.807) is 0 Å². The Balaban J connectivity index is 0. The van der Waals surface area contributed by atoms with Gasteiger partial charge >= 0.3 is 0 Å². The summed E-state index contributed by atoms with van der Waals surface area (Å²) in [5.74, 6) is -1.22. The number of hydrogen-bond donors (Lipinski definition) is 1. The fraction of sp³-hybridized carbons (Fsp3) is 0. The summed E-state index contributed by atoms with van der Waals surface area (Å²) in [6.07, 6.45) is 2.79. The Hall–Kier alpha value is -2.02. The van der Waals surface area contributed by atoms with Crippen LogP contribution in [-0.2, 0) is 25.9 Å². The molecule has 0 radical (unpaired) electrons. The molecule has 0 amide bonds. The van der Waals surface area contributed by atoms with Crippen LogP contribution in [0.15, 0.2) is 18.3 Å². The molecule has 4 nitrogen and oxygen atoms in total. The van der Waals surface area contributed by atoms with E-state index in [2.05, 4.69) is 4.98 Å². The van der Waals surface area contributed by atoms with Gasteiger partial charge in [-0.05, 0) is 0 Å². The van der Waals surface area contributed by atoms with Crippen molar-refractivity contribution in [1.82, 2.24) is 4.98 Å². The second-order valence-electron chi connectivity index (χ2n) is 1.81. The van der Waals surface area contributed by atoms with Crippen LogP contribution in [0.3, 0.4) is 0 Å². The fourth-order valence-corrected chi connectivity index (χ4v) is 0.658. The third kappa shape index (κ3) is 2.83. The van der Waals surface area contributed by atoms with Crippen LogP contribution in [0, 0.1) is 0 Å². The molecule has 70 valence electrons. The predicted octanol–water partition coefficient (Wildman–Crippen LogP) is 0.235. The van der Waals surface area contributed by atoms with Crippen molar-refractivity contribution in [2.75, 3.05) is 0 Å². The molecule has 0 unspecified atom stereocenters. The number of pyridine rings is 1. The maximum absolute atomic E-state index is 10.3. The summed E-state index contributed by atoms with van der Waals surface area (Å²) in [4.78, 5) is 23.9. The van der Waals surface area contributed by atoms with Crippen molar-refractivity contribution in [3.63, 3.8) is 0 Å². The largest absolute Gasteiger partial charge is 0.486 e.